The van der Waals surface area contributed by atoms with Crippen molar-refractivity contribution in [3.8, 4) is 0 Å². The van der Waals surface area contributed by atoms with E-state index in [1.165, 1.54) is 6.42 Å². The molecular formula is C11H17BrClN3. The quantitative estimate of drug-likeness (QED) is 0.846. The summed E-state index contributed by atoms with van der Waals surface area (Å²) in [6.07, 6.45) is 5.09. The van der Waals surface area contributed by atoms with Gasteiger partial charge < -0.3 is 11.1 Å². The molecule has 0 bridgehead atoms. The van der Waals surface area contributed by atoms with Gasteiger partial charge in [-0.1, -0.05) is 31.4 Å². The van der Waals surface area contributed by atoms with Gasteiger partial charge in [-0.25, -0.2) is 4.98 Å². The summed E-state index contributed by atoms with van der Waals surface area (Å²) >= 11 is 9.39. The summed E-state index contributed by atoms with van der Waals surface area (Å²) in [4.78, 5) is 4.23. The Bertz CT molecular complexity index is 333. The molecular weight excluding hydrogens is 289 g/mol. The molecule has 1 atom stereocenters. The summed E-state index contributed by atoms with van der Waals surface area (Å²) in [7, 11) is 0. The molecule has 0 aromatic carbocycles. The molecule has 0 aliphatic rings. The van der Waals surface area contributed by atoms with Crippen molar-refractivity contribution in [3.63, 3.8) is 0 Å². The number of unbranched alkanes of at least 4 members (excludes halogenated alkanes) is 1. The molecule has 5 heteroatoms. The Morgan fingerprint density at radius 2 is 2.38 bits per heavy atom. The molecule has 1 aromatic heterocycles. The van der Waals surface area contributed by atoms with E-state index in [-0.39, 0.29) is 6.04 Å². The average Bonchev–Trinajstić information content (AvgIpc) is 2.27. The van der Waals surface area contributed by atoms with Crippen molar-refractivity contribution in [1.82, 2.24) is 4.98 Å². The Morgan fingerprint density at radius 1 is 1.62 bits per heavy atom. The smallest absolute Gasteiger partial charge is 0.145 e. The van der Waals surface area contributed by atoms with E-state index < -0.39 is 0 Å². The molecule has 1 heterocycles. The highest BCUT2D eigenvalue weighted by Crippen LogP contribution is 2.23. The monoisotopic (exact) mass is 305 g/mol. The van der Waals surface area contributed by atoms with Crippen LogP contribution in [0.5, 0.6) is 0 Å². The Hall–Kier alpha value is -0.320. The summed E-state index contributed by atoms with van der Waals surface area (Å²) < 4.78 is 0.876. The summed E-state index contributed by atoms with van der Waals surface area (Å²) in [6, 6.07) is 2.07. The van der Waals surface area contributed by atoms with Crippen LogP contribution in [0.3, 0.4) is 0 Å². The van der Waals surface area contributed by atoms with Gasteiger partial charge in [0.15, 0.2) is 0 Å². The average molecular weight is 307 g/mol. The number of nitrogens with one attached hydrogen (secondary N) is 1. The minimum atomic E-state index is 0.242. The van der Waals surface area contributed by atoms with E-state index >= 15 is 0 Å². The number of rotatable bonds is 6. The molecule has 1 unspecified atom stereocenters. The van der Waals surface area contributed by atoms with Crippen LogP contribution in [-0.2, 0) is 0 Å². The molecule has 0 saturated heterocycles. The van der Waals surface area contributed by atoms with Gasteiger partial charge in [-0.15, -0.1) is 0 Å². The third kappa shape index (κ3) is 4.28. The van der Waals surface area contributed by atoms with Gasteiger partial charge in [-0.2, -0.15) is 0 Å². The molecule has 1 aromatic rings. The van der Waals surface area contributed by atoms with Gasteiger partial charge in [0.25, 0.3) is 0 Å². The van der Waals surface area contributed by atoms with Crippen molar-refractivity contribution in [2.24, 2.45) is 5.73 Å². The first-order valence-corrected chi connectivity index (χ1v) is 6.62. The number of hydrogen-bond acceptors (Lipinski definition) is 3. The highest BCUT2D eigenvalue weighted by atomic mass is 79.9. The Labute approximate surface area is 110 Å². The topological polar surface area (TPSA) is 50.9 Å². The van der Waals surface area contributed by atoms with Crippen LogP contribution in [0.2, 0.25) is 5.02 Å². The van der Waals surface area contributed by atoms with Crippen molar-refractivity contribution < 1.29 is 0 Å². The third-order valence-electron chi connectivity index (χ3n) is 2.34. The maximum Gasteiger partial charge on any atom is 0.145 e. The lowest BCUT2D eigenvalue weighted by Gasteiger charge is -2.17. The van der Waals surface area contributed by atoms with Gasteiger partial charge >= 0.3 is 0 Å². The normalized spacial score (nSPS) is 12.5. The molecule has 0 aliphatic carbocycles. The highest BCUT2D eigenvalue weighted by Gasteiger charge is 2.09. The second kappa shape index (κ2) is 7.09. The van der Waals surface area contributed by atoms with Gasteiger partial charge in [0, 0.05) is 23.3 Å². The minimum Gasteiger partial charge on any atom is -0.365 e. The minimum absolute atomic E-state index is 0.242. The van der Waals surface area contributed by atoms with Crippen LogP contribution >= 0.6 is 27.5 Å². The molecule has 3 N–H and O–H groups in total. The van der Waals surface area contributed by atoms with E-state index in [0.717, 1.165) is 17.3 Å². The molecule has 0 fully saturated rings. The summed E-state index contributed by atoms with van der Waals surface area (Å²) in [5, 5.41) is 3.89. The first-order valence-electron chi connectivity index (χ1n) is 5.45. The van der Waals surface area contributed by atoms with Crippen LogP contribution in [0.4, 0.5) is 5.82 Å². The molecule has 0 aliphatic heterocycles. The lowest BCUT2D eigenvalue weighted by molar-refractivity contribution is 0.612. The van der Waals surface area contributed by atoms with Crippen molar-refractivity contribution in [2.75, 3.05) is 11.9 Å². The molecule has 0 radical (unpaired) electrons. The van der Waals surface area contributed by atoms with Crippen molar-refractivity contribution in [1.29, 1.82) is 0 Å². The summed E-state index contributed by atoms with van der Waals surface area (Å²) in [5.41, 5.74) is 5.70. The summed E-state index contributed by atoms with van der Waals surface area (Å²) in [6.45, 7) is 2.76. The molecule has 0 saturated carbocycles. The molecule has 16 heavy (non-hydrogen) atoms. The number of nitrogens with two attached hydrogens (primary N) is 1. The van der Waals surface area contributed by atoms with Gasteiger partial charge in [-0.05, 0) is 28.4 Å². The fraction of sp³-hybridized carbons (Fsp3) is 0.545. The fourth-order valence-electron chi connectivity index (χ4n) is 1.41. The number of pyridine rings is 1. The lowest BCUT2D eigenvalue weighted by Crippen LogP contribution is -2.29. The zero-order valence-corrected chi connectivity index (χ0v) is 11.7. The molecule has 90 valence electrons. The van der Waals surface area contributed by atoms with E-state index in [4.69, 9.17) is 17.3 Å². The second-order valence-electron chi connectivity index (χ2n) is 3.70. The molecule has 0 amide bonds. The van der Waals surface area contributed by atoms with E-state index in [2.05, 4.69) is 33.2 Å². The zero-order chi connectivity index (χ0) is 12.0. The van der Waals surface area contributed by atoms with Gasteiger partial charge in [0.05, 0.1) is 5.02 Å². The first kappa shape index (κ1) is 13.7. The van der Waals surface area contributed by atoms with Crippen LogP contribution in [-0.4, -0.2) is 17.6 Å². The van der Waals surface area contributed by atoms with Crippen molar-refractivity contribution >= 4 is 33.3 Å². The van der Waals surface area contributed by atoms with Crippen LogP contribution in [0, 0.1) is 0 Å². The molecule has 1 rings (SSSR count). The van der Waals surface area contributed by atoms with Crippen LogP contribution in [0.1, 0.15) is 26.2 Å². The van der Waals surface area contributed by atoms with E-state index in [1.54, 1.807) is 6.20 Å². The Kier molecular flexibility index (Phi) is 6.09. The standard InChI is InChI=1S/C11H17BrClN3/c1-2-3-4-9(6-14)16-11-10(13)5-8(12)7-15-11/h5,7,9H,2-4,6,14H2,1H3,(H,15,16). The van der Waals surface area contributed by atoms with E-state index in [0.29, 0.717) is 17.4 Å². The number of hydrogen-bond donors (Lipinski definition) is 2. The molecule has 0 spiro atoms. The molecule has 3 nitrogen and oxygen atoms in total. The van der Waals surface area contributed by atoms with E-state index in [1.807, 2.05) is 6.07 Å². The Balaban J connectivity index is 2.62. The van der Waals surface area contributed by atoms with Crippen LogP contribution < -0.4 is 11.1 Å². The Morgan fingerprint density at radius 3 is 2.94 bits per heavy atom. The predicted molar refractivity (Wildman–Crippen MR) is 72.9 cm³/mol. The number of aromatic nitrogens is 1. The third-order valence-corrected chi connectivity index (χ3v) is 3.06. The second-order valence-corrected chi connectivity index (χ2v) is 5.03. The summed E-state index contributed by atoms with van der Waals surface area (Å²) in [5.74, 6) is 0.705. The van der Waals surface area contributed by atoms with E-state index in [9.17, 15) is 0 Å². The van der Waals surface area contributed by atoms with Gasteiger partial charge in [0.1, 0.15) is 5.82 Å². The first-order chi connectivity index (χ1) is 7.67. The van der Waals surface area contributed by atoms with Crippen LogP contribution in [0.25, 0.3) is 0 Å². The largest absolute Gasteiger partial charge is 0.365 e. The SMILES string of the molecule is CCCCC(CN)Nc1ncc(Br)cc1Cl. The van der Waals surface area contributed by atoms with Crippen molar-refractivity contribution in [2.45, 2.75) is 32.2 Å². The van der Waals surface area contributed by atoms with Gasteiger partial charge in [0.2, 0.25) is 0 Å². The van der Waals surface area contributed by atoms with Gasteiger partial charge in [-0.3, -0.25) is 0 Å². The maximum absolute atomic E-state index is 6.07. The van der Waals surface area contributed by atoms with Crippen molar-refractivity contribution in [3.05, 3.63) is 21.8 Å². The predicted octanol–water partition coefficient (Wildman–Crippen LogP) is 3.43. The lowest BCUT2D eigenvalue weighted by atomic mass is 10.1. The maximum atomic E-state index is 6.07. The number of nitrogens with zero attached hydrogens (tertiary/aromatic N) is 1. The fourth-order valence-corrected chi connectivity index (χ4v) is 2.10. The van der Waals surface area contributed by atoms with Crippen LogP contribution in [0.15, 0.2) is 16.7 Å². The zero-order valence-electron chi connectivity index (χ0n) is 9.34. The highest BCUT2D eigenvalue weighted by molar-refractivity contribution is 9.10. The number of anilines is 1. The number of halogens is 2.